The lowest BCUT2D eigenvalue weighted by atomic mass is 9.66. The van der Waals surface area contributed by atoms with Crippen molar-refractivity contribution in [2.75, 3.05) is 0 Å². The van der Waals surface area contributed by atoms with Crippen molar-refractivity contribution in [3.63, 3.8) is 0 Å². The van der Waals surface area contributed by atoms with Crippen LogP contribution in [-0.4, -0.2) is 7.28 Å². The van der Waals surface area contributed by atoms with Crippen LogP contribution in [0.15, 0.2) is 54.5 Å². The van der Waals surface area contributed by atoms with Crippen molar-refractivity contribution in [2.24, 2.45) is 5.92 Å². The van der Waals surface area contributed by atoms with E-state index >= 15 is 0 Å². The fraction of sp³-hybridized carbons (Fsp3) is 0.250. The summed E-state index contributed by atoms with van der Waals surface area (Å²) in [6, 6.07) is 8.59. The lowest BCUT2D eigenvalue weighted by Crippen LogP contribution is -2.12. The standard InChI is InChI=1S/C16H18B/c1-4-12(3)10-11-14-13-8-6-7-9-16(13)17-15(14)5-2/h4,6-12H,1,5H2,2-3H3/b11-10-/t12-/m0/s1. The zero-order chi connectivity index (χ0) is 12.3. The van der Waals surface area contributed by atoms with Gasteiger partial charge in [0.1, 0.15) is 0 Å². The molecule has 0 aromatic heterocycles. The topological polar surface area (TPSA) is 0 Å². The monoisotopic (exact) mass is 221 g/mol. The molecule has 0 bridgehead atoms. The molecule has 0 unspecified atom stereocenters. The Morgan fingerprint density at radius 1 is 1.35 bits per heavy atom. The van der Waals surface area contributed by atoms with Crippen LogP contribution < -0.4 is 5.46 Å². The summed E-state index contributed by atoms with van der Waals surface area (Å²) in [6.07, 6.45) is 7.51. The summed E-state index contributed by atoms with van der Waals surface area (Å²) in [6.45, 7) is 8.18. The Morgan fingerprint density at radius 2 is 2.12 bits per heavy atom. The minimum absolute atomic E-state index is 0.424. The highest BCUT2D eigenvalue weighted by atomic mass is 14.1. The third-order valence-electron chi connectivity index (χ3n) is 3.25. The average Bonchev–Trinajstić information content (AvgIpc) is 2.73. The molecular formula is C16H18B. The van der Waals surface area contributed by atoms with E-state index in [1.807, 2.05) is 6.08 Å². The molecule has 1 aliphatic rings. The molecule has 1 aliphatic heterocycles. The molecule has 1 heterocycles. The van der Waals surface area contributed by atoms with Gasteiger partial charge in [-0.1, -0.05) is 67.3 Å². The van der Waals surface area contributed by atoms with Crippen molar-refractivity contribution in [3.05, 3.63) is 60.1 Å². The Kier molecular flexibility index (Phi) is 3.68. The number of allylic oxidation sites excluding steroid dienone is 5. The summed E-state index contributed by atoms with van der Waals surface area (Å²) in [4.78, 5) is 0. The molecule has 0 amide bonds. The first-order valence-electron chi connectivity index (χ1n) is 6.24. The van der Waals surface area contributed by atoms with E-state index < -0.39 is 0 Å². The minimum atomic E-state index is 0.424. The van der Waals surface area contributed by atoms with Crippen LogP contribution in [0.25, 0.3) is 5.57 Å². The van der Waals surface area contributed by atoms with E-state index in [9.17, 15) is 0 Å². The van der Waals surface area contributed by atoms with Crippen LogP contribution in [0.3, 0.4) is 0 Å². The van der Waals surface area contributed by atoms with Gasteiger partial charge >= 0.3 is 0 Å². The van der Waals surface area contributed by atoms with Gasteiger partial charge in [0.15, 0.2) is 7.28 Å². The number of benzene rings is 1. The molecule has 1 atom stereocenters. The smallest absolute Gasteiger partial charge is 0.102 e. The van der Waals surface area contributed by atoms with E-state index in [1.54, 1.807) is 0 Å². The first kappa shape index (κ1) is 12.0. The lowest BCUT2D eigenvalue weighted by Gasteiger charge is -2.04. The summed E-state index contributed by atoms with van der Waals surface area (Å²) >= 11 is 0. The first-order chi connectivity index (χ1) is 8.26. The SMILES string of the molecule is C=C[C@H](C)/C=C\C1=C(CC)[B]c2ccccc21. The molecule has 0 nitrogen and oxygen atoms in total. The molecule has 0 spiro atoms. The number of fused-ring (bicyclic) bond motifs is 1. The van der Waals surface area contributed by atoms with Gasteiger partial charge < -0.3 is 0 Å². The maximum absolute atomic E-state index is 3.81. The van der Waals surface area contributed by atoms with Crippen LogP contribution in [0.1, 0.15) is 25.8 Å². The van der Waals surface area contributed by atoms with Crippen LogP contribution in [-0.2, 0) is 0 Å². The Bertz CT molecular complexity index is 480. The van der Waals surface area contributed by atoms with Crippen molar-refractivity contribution < 1.29 is 0 Å². The molecule has 2 rings (SSSR count). The molecule has 0 saturated carbocycles. The highest BCUT2D eigenvalue weighted by Gasteiger charge is 2.18. The van der Waals surface area contributed by atoms with Crippen LogP contribution in [0.5, 0.6) is 0 Å². The largest absolute Gasteiger partial charge is 0.187 e. The average molecular weight is 221 g/mol. The molecule has 1 aromatic carbocycles. The zero-order valence-electron chi connectivity index (χ0n) is 10.6. The molecule has 1 heteroatoms. The van der Waals surface area contributed by atoms with Crippen molar-refractivity contribution >= 4 is 18.3 Å². The van der Waals surface area contributed by atoms with E-state index in [-0.39, 0.29) is 0 Å². The molecule has 1 radical (unpaired) electrons. The van der Waals surface area contributed by atoms with E-state index in [0.29, 0.717) is 5.92 Å². The van der Waals surface area contributed by atoms with Gasteiger partial charge in [-0.15, -0.1) is 6.58 Å². The predicted molar refractivity (Wildman–Crippen MR) is 77.5 cm³/mol. The highest BCUT2D eigenvalue weighted by molar-refractivity contribution is 6.66. The summed E-state index contributed by atoms with van der Waals surface area (Å²) in [5.74, 6) is 0.424. The van der Waals surface area contributed by atoms with Crippen molar-refractivity contribution in [2.45, 2.75) is 20.3 Å². The zero-order valence-corrected chi connectivity index (χ0v) is 10.6. The number of hydrogen-bond acceptors (Lipinski definition) is 0. The van der Waals surface area contributed by atoms with Crippen molar-refractivity contribution in [3.8, 4) is 0 Å². The van der Waals surface area contributed by atoms with Crippen LogP contribution in [0.2, 0.25) is 0 Å². The quantitative estimate of drug-likeness (QED) is 0.539. The van der Waals surface area contributed by atoms with Crippen LogP contribution in [0, 0.1) is 5.92 Å². The van der Waals surface area contributed by atoms with E-state index in [4.69, 9.17) is 0 Å². The fourth-order valence-corrected chi connectivity index (χ4v) is 2.12. The molecule has 0 N–H and O–H groups in total. The van der Waals surface area contributed by atoms with Gasteiger partial charge in [0, 0.05) is 0 Å². The normalized spacial score (nSPS) is 15.9. The second-order valence-corrected chi connectivity index (χ2v) is 4.48. The maximum Gasteiger partial charge on any atom is 0.187 e. The molecule has 17 heavy (non-hydrogen) atoms. The van der Waals surface area contributed by atoms with E-state index in [2.05, 4.69) is 64.1 Å². The third-order valence-corrected chi connectivity index (χ3v) is 3.25. The summed E-state index contributed by atoms with van der Waals surface area (Å²) < 4.78 is 0. The Hall–Kier alpha value is -1.50. The summed E-state index contributed by atoms with van der Waals surface area (Å²) in [7, 11) is 2.30. The summed E-state index contributed by atoms with van der Waals surface area (Å²) in [5.41, 5.74) is 5.50. The van der Waals surface area contributed by atoms with Crippen LogP contribution in [0.4, 0.5) is 0 Å². The predicted octanol–water partition coefficient (Wildman–Crippen LogP) is 3.53. The van der Waals surface area contributed by atoms with Gasteiger partial charge in [0.25, 0.3) is 0 Å². The van der Waals surface area contributed by atoms with E-state index in [0.717, 1.165) is 6.42 Å². The van der Waals surface area contributed by atoms with Gasteiger partial charge in [-0.05, 0) is 23.5 Å². The molecule has 0 fully saturated rings. The van der Waals surface area contributed by atoms with Crippen molar-refractivity contribution in [1.29, 1.82) is 0 Å². The number of rotatable bonds is 4. The van der Waals surface area contributed by atoms with Crippen molar-refractivity contribution in [1.82, 2.24) is 0 Å². The highest BCUT2D eigenvalue weighted by Crippen LogP contribution is 2.26. The van der Waals surface area contributed by atoms with Crippen LogP contribution >= 0.6 is 0 Å². The van der Waals surface area contributed by atoms with Gasteiger partial charge in [-0.25, -0.2) is 0 Å². The third kappa shape index (κ3) is 2.44. The molecule has 1 aromatic rings. The minimum Gasteiger partial charge on any atom is -0.102 e. The molecule has 0 saturated heterocycles. The maximum atomic E-state index is 3.81. The van der Waals surface area contributed by atoms with Gasteiger partial charge in [-0.2, -0.15) is 0 Å². The Balaban J connectivity index is 2.35. The fourth-order valence-electron chi connectivity index (χ4n) is 2.12. The Labute approximate surface area is 105 Å². The van der Waals surface area contributed by atoms with E-state index in [1.165, 1.54) is 22.1 Å². The lowest BCUT2D eigenvalue weighted by molar-refractivity contribution is 0.944. The molecule has 85 valence electrons. The Morgan fingerprint density at radius 3 is 2.82 bits per heavy atom. The van der Waals surface area contributed by atoms with Gasteiger partial charge in [0.05, 0.1) is 0 Å². The number of hydrogen-bond donors (Lipinski definition) is 0. The molecule has 0 aliphatic carbocycles. The first-order valence-corrected chi connectivity index (χ1v) is 6.24. The second-order valence-electron chi connectivity index (χ2n) is 4.48. The second kappa shape index (κ2) is 5.22. The van der Waals surface area contributed by atoms with Gasteiger partial charge in [-0.3, -0.25) is 0 Å². The molecular weight excluding hydrogens is 203 g/mol. The summed E-state index contributed by atoms with van der Waals surface area (Å²) in [5, 5.41) is 0. The van der Waals surface area contributed by atoms with Gasteiger partial charge in [0.2, 0.25) is 0 Å².